The quantitative estimate of drug-likeness (QED) is 0.0636. The van der Waals surface area contributed by atoms with Gasteiger partial charge in [-0.2, -0.15) is 0 Å². The molecular weight excluding hydrogens is 729 g/mol. The third-order valence-corrected chi connectivity index (χ3v) is 9.07. The van der Waals surface area contributed by atoms with E-state index in [-0.39, 0.29) is 76.8 Å². The van der Waals surface area contributed by atoms with Gasteiger partial charge in [0.05, 0.1) is 19.8 Å². The largest absolute Gasteiger partial charge is 0.465 e. The second-order valence-corrected chi connectivity index (χ2v) is 12.3. The zero-order valence-corrected chi connectivity index (χ0v) is 31.8. The Labute approximate surface area is 312 Å². The van der Waals surface area contributed by atoms with Crippen LogP contribution in [0.5, 0.6) is 0 Å². The minimum atomic E-state index is -0.803. The molecule has 0 amide bonds. The number of rotatable bonds is 9. The molecule has 2 aromatic rings. The molecule has 4 bridgehead atoms. The summed E-state index contributed by atoms with van der Waals surface area (Å²) in [6.45, 7) is 10.7. The van der Waals surface area contributed by atoms with Crippen molar-refractivity contribution in [3.05, 3.63) is 91.4 Å². The van der Waals surface area contributed by atoms with E-state index in [1.165, 1.54) is 30.4 Å². The fourth-order valence-corrected chi connectivity index (χ4v) is 6.83. The second kappa shape index (κ2) is 23.3. The molecule has 2 heterocycles. The fourth-order valence-electron chi connectivity index (χ4n) is 6.83. The van der Waals surface area contributed by atoms with E-state index in [9.17, 15) is 19.2 Å². The first-order valence-corrected chi connectivity index (χ1v) is 17.2. The van der Waals surface area contributed by atoms with Crippen molar-refractivity contribution in [2.24, 2.45) is 17.6 Å². The molecule has 2 aliphatic heterocycles. The minimum absolute atomic E-state index is 0. The SMILES string of the molecule is CCOC(=O)C=O.CCOC(=O)[C@@H]1[C@H]2C=C[C@H](C2)N1[C@H](C)c1ccccc1.CCOC(=O)[C@H]1N[C@@H]2CC[C@H]1C2.C[C@@H](N)c1ccccc1.[CH3-].[Pd]. The summed E-state index contributed by atoms with van der Waals surface area (Å²) < 4.78 is 14.4. The van der Waals surface area contributed by atoms with Crippen LogP contribution in [0.4, 0.5) is 0 Å². The van der Waals surface area contributed by atoms with Crippen LogP contribution in [0.2, 0.25) is 0 Å². The van der Waals surface area contributed by atoms with E-state index in [0.29, 0.717) is 37.1 Å². The Bertz CT molecular complexity index is 1330. The van der Waals surface area contributed by atoms with Gasteiger partial charge in [0, 0.05) is 50.5 Å². The van der Waals surface area contributed by atoms with Crippen LogP contribution in [0.3, 0.4) is 0 Å². The van der Waals surface area contributed by atoms with Gasteiger partial charge in [0.15, 0.2) is 0 Å². The summed E-state index contributed by atoms with van der Waals surface area (Å²) in [5.41, 5.74) is 8.06. The molecule has 3 N–H and O–H groups in total. The minimum Gasteiger partial charge on any atom is -0.465 e. The summed E-state index contributed by atoms with van der Waals surface area (Å²) in [7, 11) is 0. The van der Waals surface area contributed by atoms with E-state index in [2.05, 4.69) is 58.3 Å². The Morgan fingerprint density at radius 1 is 0.840 bits per heavy atom. The molecule has 280 valence electrons. The maximum Gasteiger partial charge on any atom is 0.371 e. The first-order chi connectivity index (χ1) is 23.1. The van der Waals surface area contributed by atoms with E-state index in [0.717, 1.165) is 6.42 Å². The first-order valence-electron chi connectivity index (χ1n) is 17.2. The number of carbonyl (C=O) groups is 4. The van der Waals surface area contributed by atoms with Gasteiger partial charge in [-0.25, -0.2) is 4.79 Å². The number of nitrogens with zero attached hydrogens (tertiary/aromatic N) is 1. The van der Waals surface area contributed by atoms with E-state index in [1.54, 1.807) is 6.92 Å². The molecule has 2 aromatic carbocycles. The average molecular weight is 785 g/mol. The number of carbonyl (C=O) groups excluding carboxylic acids is 4. The van der Waals surface area contributed by atoms with Crippen molar-refractivity contribution in [3.63, 3.8) is 0 Å². The zero-order chi connectivity index (χ0) is 35.1. The second-order valence-electron chi connectivity index (χ2n) is 12.3. The number of piperidine rings is 1. The maximum atomic E-state index is 12.3. The number of hydrogen-bond acceptors (Lipinski definition) is 10. The molecule has 2 saturated heterocycles. The molecule has 4 aliphatic rings. The van der Waals surface area contributed by atoms with Crippen LogP contribution < -0.4 is 11.1 Å². The molecule has 1 saturated carbocycles. The number of aldehydes is 1. The van der Waals surface area contributed by atoms with Crippen molar-refractivity contribution in [3.8, 4) is 0 Å². The number of benzene rings is 2. The van der Waals surface area contributed by atoms with Gasteiger partial charge in [0.1, 0.15) is 12.1 Å². The molecule has 0 spiro atoms. The molecule has 2 aliphatic carbocycles. The van der Waals surface area contributed by atoms with Crippen molar-refractivity contribution >= 4 is 24.2 Å². The molecule has 50 heavy (non-hydrogen) atoms. The smallest absolute Gasteiger partial charge is 0.371 e. The van der Waals surface area contributed by atoms with E-state index >= 15 is 0 Å². The Morgan fingerprint density at radius 3 is 1.84 bits per heavy atom. The summed E-state index contributed by atoms with van der Waals surface area (Å²) in [4.78, 5) is 45.2. The molecule has 0 unspecified atom stereocenters. The summed E-state index contributed by atoms with van der Waals surface area (Å²) in [5, 5.41) is 3.30. The van der Waals surface area contributed by atoms with Crippen molar-refractivity contribution in [2.75, 3.05) is 19.8 Å². The summed E-state index contributed by atoms with van der Waals surface area (Å²) in [6, 6.07) is 21.7. The van der Waals surface area contributed by atoms with Gasteiger partial charge in [-0.15, -0.1) is 0 Å². The zero-order valence-electron chi connectivity index (χ0n) is 30.3. The van der Waals surface area contributed by atoms with Crippen LogP contribution in [-0.2, 0) is 53.8 Å². The van der Waals surface area contributed by atoms with Gasteiger partial charge in [0.2, 0.25) is 6.29 Å². The van der Waals surface area contributed by atoms with E-state index < -0.39 is 5.97 Å². The van der Waals surface area contributed by atoms with Crippen LogP contribution in [0, 0.1) is 19.3 Å². The molecule has 8 atom stereocenters. The summed E-state index contributed by atoms with van der Waals surface area (Å²) >= 11 is 0. The Hall–Kier alpha value is -3.20. The average Bonchev–Trinajstić information content (AvgIpc) is 3.93. The molecule has 10 nitrogen and oxygen atoms in total. The summed E-state index contributed by atoms with van der Waals surface area (Å²) in [5.74, 6) is -0.0707. The van der Waals surface area contributed by atoms with E-state index in [1.807, 2.05) is 57.2 Å². The molecule has 0 radical (unpaired) electrons. The Balaban J connectivity index is 0.000000359. The number of fused-ring (bicyclic) bond motifs is 4. The Kier molecular flexibility index (Phi) is 20.9. The van der Waals surface area contributed by atoms with Gasteiger partial charge in [-0.3, -0.25) is 19.3 Å². The third-order valence-electron chi connectivity index (χ3n) is 9.07. The fraction of sp³-hybridized carbons (Fsp3) is 0.513. The van der Waals surface area contributed by atoms with Crippen LogP contribution in [0.15, 0.2) is 72.8 Å². The summed E-state index contributed by atoms with van der Waals surface area (Å²) in [6.07, 6.45) is 9.20. The predicted octanol–water partition coefficient (Wildman–Crippen LogP) is 5.53. The van der Waals surface area contributed by atoms with Gasteiger partial charge >= 0.3 is 17.9 Å². The number of nitrogens with one attached hydrogen (secondary N) is 1. The normalized spacial score (nSPS) is 24.5. The molecule has 11 heteroatoms. The van der Waals surface area contributed by atoms with Crippen LogP contribution in [0.25, 0.3) is 0 Å². The number of nitrogens with two attached hydrogens (primary N) is 1. The van der Waals surface area contributed by atoms with Gasteiger partial charge in [0.25, 0.3) is 0 Å². The number of esters is 3. The van der Waals surface area contributed by atoms with Crippen molar-refractivity contribution in [2.45, 2.75) is 96.6 Å². The number of ether oxygens (including phenoxy) is 3. The van der Waals surface area contributed by atoms with Crippen LogP contribution in [0.1, 0.15) is 83.5 Å². The van der Waals surface area contributed by atoms with Crippen molar-refractivity contribution in [1.29, 1.82) is 0 Å². The molecular formula is C39H56N3O7Pd-. The van der Waals surface area contributed by atoms with E-state index in [4.69, 9.17) is 15.2 Å². The third kappa shape index (κ3) is 12.8. The van der Waals surface area contributed by atoms with Gasteiger partial charge in [-0.05, 0) is 77.3 Å². The molecule has 6 rings (SSSR count). The number of likely N-dealkylation sites (tertiary alicyclic amines) is 1. The molecule has 0 aromatic heterocycles. The predicted molar refractivity (Wildman–Crippen MR) is 191 cm³/mol. The Morgan fingerprint density at radius 2 is 1.40 bits per heavy atom. The van der Waals surface area contributed by atoms with Gasteiger partial charge < -0.3 is 32.7 Å². The topological polar surface area (TPSA) is 137 Å². The van der Waals surface area contributed by atoms with Gasteiger partial charge in [-0.1, -0.05) is 72.8 Å². The monoisotopic (exact) mass is 784 g/mol. The standard InChI is InChI=1S/C17H21NO2.C9H15NO2.C8H11N.C4H6O3.CH3.Pd/c1-3-20-17(19)16-14-9-10-15(11-14)18(16)12(2)13-7-5-4-6-8-13;1-2-12-9(11)8-6-3-4-7(5-6)10-8;1-7(9)8-5-3-2-4-6-8;1-2-7-4(6)3-5;;/h4-10,12,14-16H,3,11H2,1-2H3;6-8,10H,2-5H2,1H3;2-7H,9H2,1H3;3H,2H2,1H3;1H3;/q;;;;-1;/t12-,14+,15-,16+;6-,7+,8-;7-;;;/m101.../s1. The van der Waals surface area contributed by atoms with Crippen LogP contribution in [-0.4, -0.2) is 73.1 Å². The van der Waals surface area contributed by atoms with Crippen molar-refractivity contribution in [1.82, 2.24) is 10.2 Å². The molecule has 3 fully saturated rings. The van der Waals surface area contributed by atoms with Crippen LogP contribution >= 0.6 is 0 Å². The van der Waals surface area contributed by atoms with Crippen molar-refractivity contribution < 1.29 is 53.8 Å². The number of hydrogen-bond donors (Lipinski definition) is 2. The first kappa shape index (κ1) is 44.8. The maximum absolute atomic E-state index is 12.3.